The fourth-order valence-corrected chi connectivity index (χ4v) is 13.2. The van der Waals surface area contributed by atoms with Gasteiger partial charge < -0.3 is 19.6 Å². The summed E-state index contributed by atoms with van der Waals surface area (Å²) in [5.74, 6) is 0.277. The van der Waals surface area contributed by atoms with Crippen LogP contribution < -0.4 is 19.6 Å². The summed E-state index contributed by atoms with van der Waals surface area (Å²) >= 11 is 0. The second kappa shape index (κ2) is 27.2. The predicted molar refractivity (Wildman–Crippen MR) is 398 cm³/mol. The van der Waals surface area contributed by atoms with E-state index in [1.54, 1.807) is 0 Å². The van der Waals surface area contributed by atoms with E-state index in [-0.39, 0.29) is 5.92 Å². The Labute approximate surface area is 553 Å². The molecule has 0 aliphatic heterocycles. The van der Waals surface area contributed by atoms with Gasteiger partial charge in [-0.1, -0.05) is 249 Å². The van der Waals surface area contributed by atoms with Crippen molar-refractivity contribution in [3.05, 3.63) is 399 Å². The number of para-hydroxylation sites is 3. The van der Waals surface area contributed by atoms with Crippen LogP contribution in [0.1, 0.15) is 30.7 Å². The molecule has 1 unspecified atom stereocenters. The molecule has 0 heterocycles. The molecule has 0 aromatic heterocycles. The van der Waals surface area contributed by atoms with Gasteiger partial charge in [0.25, 0.3) is 0 Å². The Morgan fingerprint density at radius 2 is 0.511 bits per heavy atom. The first-order valence-electron chi connectivity index (χ1n) is 32.6. The van der Waals surface area contributed by atoms with E-state index in [2.05, 4.69) is 402 Å². The van der Waals surface area contributed by atoms with Gasteiger partial charge in [0.05, 0.1) is 0 Å². The Morgan fingerprint density at radius 1 is 0.245 bits per heavy atom. The highest BCUT2D eigenvalue weighted by atomic mass is 15.2. The van der Waals surface area contributed by atoms with Gasteiger partial charge in [0.1, 0.15) is 0 Å². The maximum atomic E-state index is 2.43. The normalized spacial score (nSPS) is 13.3. The Balaban J connectivity index is 0.618. The average molecular weight is 1210 g/mol. The molecule has 1 atom stereocenters. The number of hydrogen-bond donors (Lipinski definition) is 0. The van der Waals surface area contributed by atoms with Crippen LogP contribution in [0.15, 0.2) is 394 Å². The van der Waals surface area contributed by atoms with E-state index in [9.17, 15) is 0 Å². The molecular formula is C90H70N4. The third-order valence-corrected chi connectivity index (χ3v) is 18.1. The van der Waals surface area contributed by atoms with Crippen molar-refractivity contribution in [1.29, 1.82) is 0 Å². The van der Waals surface area contributed by atoms with Crippen LogP contribution in [0, 0.1) is 0 Å². The lowest BCUT2D eigenvalue weighted by atomic mass is 9.91. The predicted octanol–water partition coefficient (Wildman–Crippen LogP) is 25.1. The van der Waals surface area contributed by atoms with E-state index >= 15 is 0 Å². The Bertz CT molecular complexity index is 4760. The summed E-state index contributed by atoms with van der Waals surface area (Å²) in [6.07, 6.45) is 16.7. The van der Waals surface area contributed by atoms with Gasteiger partial charge in [-0.15, -0.1) is 0 Å². The summed E-state index contributed by atoms with van der Waals surface area (Å²) in [6, 6.07) is 125. The minimum Gasteiger partial charge on any atom is -0.314 e. The SMILES string of the molecule is C1=CCCC(N(c2ccc(-c3ccc(-c4ccc(N(c5ccccc5)c5ccc(-c6ccc(N(c7ccccc7)c7ccc(-c8ccccc8)cc7)cc6)cc5)cc4)cc3)cc2)c2ccc(C3C=CC(N(c4ccccc4)c4ccc(-c5ccccc5)cc4)=CC3)cc2)=C1. The zero-order valence-corrected chi connectivity index (χ0v) is 52.4. The molecule has 4 nitrogen and oxygen atoms in total. The van der Waals surface area contributed by atoms with E-state index in [1.807, 2.05) is 0 Å². The third kappa shape index (κ3) is 12.7. The lowest BCUT2D eigenvalue weighted by molar-refractivity contribution is 0.839. The number of anilines is 10. The number of nitrogens with zero attached hydrogens (tertiary/aromatic N) is 4. The van der Waals surface area contributed by atoms with Gasteiger partial charge in [-0.05, 0) is 214 Å². The van der Waals surface area contributed by atoms with Crippen molar-refractivity contribution in [2.45, 2.75) is 25.2 Å². The van der Waals surface area contributed by atoms with E-state index in [0.717, 1.165) is 87.3 Å². The van der Waals surface area contributed by atoms with E-state index in [0.29, 0.717) is 0 Å². The second-order valence-corrected chi connectivity index (χ2v) is 24.0. The molecule has 13 aromatic rings. The molecule has 94 heavy (non-hydrogen) atoms. The molecule has 0 saturated heterocycles. The van der Waals surface area contributed by atoms with Crippen LogP contribution in [0.25, 0.3) is 55.6 Å². The molecule has 13 aromatic carbocycles. The molecule has 4 heteroatoms. The van der Waals surface area contributed by atoms with Crippen molar-refractivity contribution >= 4 is 56.9 Å². The van der Waals surface area contributed by atoms with Gasteiger partial charge in [0.15, 0.2) is 0 Å². The number of rotatable bonds is 18. The lowest BCUT2D eigenvalue weighted by Gasteiger charge is -2.30. The zero-order valence-electron chi connectivity index (χ0n) is 52.4. The van der Waals surface area contributed by atoms with Crippen molar-refractivity contribution < 1.29 is 0 Å². The van der Waals surface area contributed by atoms with Gasteiger partial charge in [-0.2, -0.15) is 0 Å². The minimum absolute atomic E-state index is 0.277. The molecular weight excluding hydrogens is 1140 g/mol. The molecule has 0 bridgehead atoms. The first-order chi connectivity index (χ1) is 46.6. The number of allylic oxidation sites excluding steroid dienone is 7. The zero-order chi connectivity index (χ0) is 62.8. The first-order valence-corrected chi connectivity index (χ1v) is 32.6. The molecule has 0 saturated carbocycles. The molecule has 2 aliphatic rings. The highest BCUT2D eigenvalue weighted by Crippen LogP contribution is 2.42. The topological polar surface area (TPSA) is 13.0 Å². The van der Waals surface area contributed by atoms with Gasteiger partial charge in [-0.25, -0.2) is 0 Å². The molecule has 0 fully saturated rings. The Kier molecular flexibility index (Phi) is 16.9. The maximum absolute atomic E-state index is 2.43. The first kappa shape index (κ1) is 58.4. The average Bonchev–Trinajstić information content (AvgIpc) is 0.993. The molecule has 2 aliphatic carbocycles. The molecule has 0 radical (unpaired) electrons. The molecule has 15 rings (SSSR count). The van der Waals surface area contributed by atoms with Crippen LogP contribution in [0.4, 0.5) is 56.9 Å². The van der Waals surface area contributed by atoms with Crippen LogP contribution >= 0.6 is 0 Å². The summed E-state index contributed by atoms with van der Waals surface area (Å²) in [4.78, 5) is 9.44. The van der Waals surface area contributed by atoms with E-state index < -0.39 is 0 Å². The van der Waals surface area contributed by atoms with Crippen molar-refractivity contribution in [3.63, 3.8) is 0 Å². The number of benzene rings is 13. The third-order valence-electron chi connectivity index (χ3n) is 18.1. The molecule has 0 N–H and O–H groups in total. The van der Waals surface area contributed by atoms with Crippen LogP contribution in [-0.4, -0.2) is 0 Å². The van der Waals surface area contributed by atoms with Crippen molar-refractivity contribution in [2.24, 2.45) is 0 Å². The molecule has 0 spiro atoms. The van der Waals surface area contributed by atoms with E-state index in [4.69, 9.17) is 0 Å². The van der Waals surface area contributed by atoms with Gasteiger partial charge >= 0.3 is 0 Å². The fourth-order valence-electron chi connectivity index (χ4n) is 13.2. The molecule has 450 valence electrons. The van der Waals surface area contributed by atoms with Crippen molar-refractivity contribution in [1.82, 2.24) is 0 Å². The summed E-state index contributed by atoms with van der Waals surface area (Å²) < 4.78 is 0. The number of hydrogen-bond acceptors (Lipinski definition) is 4. The van der Waals surface area contributed by atoms with Gasteiger partial charge in [0.2, 0.25) is 0 Å². The van der Waals surface area contributed by atoms with Crippen molar-refractivity contribution in [3.8, 4) is 55.6 Å². The highest BCUT2D eigenvalue weighted by molar-refractivity contribution is 5.84. The standard InChI is InChI=1S/C90H70N4/c1-7-19-67(20-8-1)71-35-51-83(52-36-71)91(79-23-11-3-12-24-79)87-59-43-75(44-60-87)77-47-63-89(64-48-77)93(81-27-15-5-16-28-81)85-55-39-73(40-56-85)69-31-33-70(34-32-69)74-41-57-86(58-42-74)94(82-29-17-6-18-30-82)90-65-49-78(50-66-90)76-45-61-88(62-46-76)92(80-25-13-4-14-26-80)84-53-37-72(38-54-84)68-21-9-2-10-22-68/h1-17,19-29,31-45,47-66,76H,18,30,46H2. The summed E-state index contributed by atoms with van der Waals surface area (Å²) in [7, 11) is 0. The van der Waals surface area contributed by atoms with Crippen LogP contribution in [0.3, 0.4) is 0 Å². The van der Waals surface area contributed by atoms with Crippen LogP contribution in [0.5, 0.6) is 0 Å². The van der Waals surface area contributed by atoms with Crippen molar-refractivity contribution in [2.75, 3.05) is 19.6 Å². The minimum atomic E-state index is 0.277. The van der Waals surface area contributed by atoms with Crippen LogP contribution in [0.2, 0.25) is 0 Å². The summed E-state index contributed by atoms with van der Waals surface area (Å²) in [5, 5.41) is 0. The lowest BCUT2D eigenvalue weighted by Crippen LogP contribution is -2.18. The monoisotopic (exact) mass is 1210 g/mol. The van der Waals surface area contributed by atoms with Gasteiger partial charge in [0, 0.05) is 74.2 Å². The Morgan fingerprint density at radius 3 is 0.819 bits per heavy atom. The fraction of sp³-hybridized carbons (Fsp3) is 0.0444. The maximum Gasteiger partial charge on any atom is 0.0462 e. The summed E-state index contributed by atoms with van der Waals surface area (Å²) in [6.45, 7) is 0. The smallest absolute Gasteiger partial charge is 0.0462 e. The van der Waals surface area contributed by atoms with Gasteiger partial charge in [-0.3, -0.25) is 0 Å². The second-order valence-electron chi connectivity index (χ2n) is 24.0. The quantitative estimate of drug-likeness (QED) is 0.0849. The van der Waals surface area contributed by atoms with Crippen LogP contribution in [-0.2, 0) is 0 Å². The molecule has 0 amide bonds. The Hall–Kier alpha value is -12.0. The highest BCUT2D eigenvalue weighted by Gasteiger charge is 2.22. The van der Waals surface area contributed by atoms with E-state index in [1.165, 1.54) is 61.5 Å². The largest absolute Gasteiger partial charge is 0.314 e. The summed E-state index contributed by atoms with van der Waals surface area (Å²) in [5.41, 5.74) is 26.8.